The van der Waals surface area contributed by atoms with Gasteiger partial charge < -0.3 is 4.90 Å². The van der Waals surface area contributed by atoms with Gasteiger partial charge in [-0.15, -0.1) is 11.3 Å². The first kappa shape index (κ1) is 20.1. The molecule has 31 heavy (non-hydrogen) atoms. The number of nitrogens with zero attached hydrogens (tertiary/aromatic N) is 4. The van der Waals surface area contributed by atoms with Crippen molar-refractivity contribution in [3.63, 3.8) is 0 Å². The Labute approximate surface area is 185 Å². The number of thiophene rings is 1. The molecule has 0 radical (unpaired) electrons. The molecule has 2 aromatic carbocycles. The van der Waals surface area contributed by atoms with Crippen molar-refractivity contribution in [2.24, 2.45) is 0 Å². The number of rotatable bonds is 4. The van der Waals surface area contributed by atoms with Gasteiger partial charge in [-0.25, -0.2) is 18.4 Å². The number of piperazine rings is 1. The van der Waals surface area contributed by atoms with Crippen LogP contribution in [0.3, 0.4) is 0 Å². The Morgan fingerprint density at radius 1 is 0.871 bits per heavy atom. The first-order chi connectivity index (χ1) is 15.0. The summed E-state index contributed by atoms with van der Waals surface area (Å²) in [6, 6.07) is 19.1. The van der Waals surface area contributed by atoms with Gasteiger partial charge in [-0.2, -0.15) is 4.31 Å². The second-order valence-electron chi connectivity index (χ2n) is 7.52. The number of aromatic nitrogens is 2. The maximum atomic E-state index is 13.2. The predicted octanol–water partition coefficient (Wildman–Crippen LogP) is 4.18. The third-order valence-corrected chi connectivity index (χ3v) is 8.50. The van der Waals surface area contributed by atoms with E-state index in [9.17, 15) is 8.42 Å². The molecule has 8 heteroatoms. The maximum Gasteiger partial charge on any atom is 0.243 e. The van der Waals surface area contributed by atoms with Gasteiger partial charge in [0.1, 0.15) is 5.82 Å². The number of aryl methyl sites for hydroxylation is 1. The lowest BCUT2D eigenvalue weighted by Crippen LogP contribution is -2.49. The summed E-state index contributed by atoms with van der Waals surface area (Å²) in [4.78, 5) is 13.2. The third kappa shape index (κ3) is 3.71. The molecule has 0 atom stereocenters. The van der Waals surface area contributed by atoms with Gasteiger partial charge in [-0.05, 0) is 42.1 Å². The molecule has 6 nitrogen and oxygen atoms in total. The fourth-order valence-corrected chi connectivity index (χ4v) is 6.25. The summed E-state index contributed by atoms with van der Waals surface area (Å²) >= 11 is 1.61. The second kappa shape index (κ2) is 8.03. The monoisotopic (exact) mass is 450 g/mol. The van der Waals surface area contributed by atoms with Crippen molar-refractivity contribution in [3.8, 4) is 10.7 Å². The summed E-state index contributed by atoms with van der Waals surface area (Å²) in [7, 11) is -3.51. The van der Waals surface area contributed by atoms with Crippen LogP contribution in [-0.4, -0.2) is 48.9 Å². The van der Waals surface area contributed by atoms with Gasteiger partial charge in [0.15, 0.2) is 5.82 Å². The molecule has 3 heterocycles. The van der Waals surface area contributed by atoms with Crippen molar-refractivity contribution in [2.45, 2.75) is 11.8 Å². The number of benzene rings is 2. The Kier molecular flexibility index (Phi) is 5.21. The first-order valence-electron chi connectivity index (χ1n) is 10.2. The summed E-state index contributed by atoms with van der Waals surface area (Å²) in [6.07, 6.45) is 0. The molecule has 0 amide bonds. The molecule has 0 spiro atoms. The molecule has 0 bridgehead atoms. The van der Waals surface area contributed by atoms with E-state index in [-0.39, 0.29) is 0 Å². The van der Waals surface area contributed by atoms with Crippen LogP contribution < -0.4 is 4.90 Å². The zero-order valence-electron chi connectivity index (χ0n) is 17.1. The van der Waals surface area contributed by atoms with Gasteiger partial charge in [-0.3, -0.25) is 0 Å². The maximum absolute atomic E-state index is 13.2. The van der Waals surface area contributed by atoms with Crippen LogP contribution in [-0.2, 0) is 10.0 Å². The molecule has 1 fully saturated rings. The second-order valence-corrected chi connectivity index (χ2v) is 10.4. The van der Waals surface area contributed by atoms with E-state index in [4.69, 9.17) is 9.97 Å². The Morgan fingerprint density at radius 3 is 2.35 bits per heavy atom. The molecule has 1 aliphatic heterocycles. The zero-order chi connectivity index (χ0) is 21.4. The molecule has 0 unspecified atom stereocenters. The molecule has 158 valence electrons. The van der Waals surface area contributed by atoms with E-state index in [1.54, 1.807) is 27.8 Å². The fraction of sp³-hybridized carbons (Fsp3) is 0.217. The highest BCUT2D eigenvalue weighted by molar-refractivity contribution is 7.89. The average molecular weight is 451 g/mol. The minimum atomic E-state index is -3.51. The number of para-hydroxylation sites is 1. The van der Waals surface area contributed by atoms with Crippen LogP contribution >= 0.6 is 11.3 Å². The highest BCUT2D eigenvalue weighted by Gasteiger charge is 2.30. The highest BCUT2D eigenvalue weighted by atomic mass is 32.2. The molecule has 0 saturated carbocycles. The first-order valence-corrected chi connectivity index (χ1v) is 12.5. The van der Waals surface area contributed by atoms with Gasteiger partial charge in [0.2, 0.25) is 10.0 Å². The number of hydrogen-bond acceptors (Lipinski definition) is 6. The molecular weight excluding hydrogens is 428 g/mol. The fourth-order valence-electron chi connectivity index (χ4n) is 3.94. The van der Waals surface area contributed by atoms with Crippen molar-refractivity contribution in [3.05, 3.63) is 71.6 Å². The molecular formula is C23H22N4O2S2. The molecule has 1 saturated heterocycles. The van der Waals surface area contributed by atoms with Gasteiger partial charge in [-0.1, -0.05) is 36.4 Å². The van der Waals surface area contributed by atoms with Crippen molar-refractivity contribution in [1.29, 1.82) is 0 Å². The molecule has 5 rings (SSSR count). The van der Waals surface area contributed by atoms with Crippen molar-refractivity contribution >= 4 is 38.1 Å². The Bertz CT molecular complexity index is 1330. The van der Waals surface area contributed by atoms with Crippen LogP contribution in [0.1, 0.15) is 5.56 Å². The van der Waals surface area contributed by atoms with E-state index < -0.39 is 10.0 Å². The van der Waals surface area contributed by atoms with Crippen LogP contribution in [0.25, 0.3) is 21.6 Å². The Balaban J connectivity index is 1.45. The van der Waals surface area contributed by atoms with Gasteiger partial charge >= 0.3 is 0 Å². The van der Waals surface area contributed by atoms with Crippen LogP contribution in [0.5, 0.6) is 0 Å². The van der Waals surface area contributed by atoms with E-state index in [2.05, 4.69) is 4.90 Å². The van der Waals surface area contributed by atoms with Gasteiger partial charge in [0.25, 0.3) is 0 Å². The standard InChI is InChI=1S/C23H22N4O2S2/c1-17-7-2-5-11-21(17)31(28,29)27-14-12-26(13-15-27)23-18-8-3-4-9-19(18)24-22(25-23)20-10-6-16-30-20/h2-11,16H,12-15H2,1H3. The van der Waals surface area contributed by atoms with Crippen LogP contribution in [0, 0.1) is 6.92 Å². The summed E-state index contributed by atoms with van der Waals surface area (Å²) in [5.74, 6) is 1.57. The normalized spacial score (nSPS) is 15.5. The third-order valence-electron chi connectivity index (χ3n) is 5.57. The summed E-state index contributed by atoms with van der Waals surface area (Å²) in [5.41, 5.74) is 1.66. The lowest BCUT2D eigenvalue weighted by Gasteiger charge is -2.35. The molecule has 0 N–H and O–H groups in total. The van der Waals surface area contributed by atoms with Crippen molar-refractivity contribution in [1.82, 2.24) is 14.3 Å². The smallest absolute Gasteiger partial charge is 0.243 e. The summed E-state index contributed by atoms with van der Waals surface area (Å²) in [6.45, 7) is 3.83. The van der Waals surface area contributed by atoms with E-state index in [0.717, 1.165) is 27.2 Å². The van der Waals surface area contributed by atoms with E-state index in [0.29, 0.717) is 36.9 Å². The molecule has 0 aliphatic carbocycles. The molecule has 4 aromatic rings. The number of anilines is 1. The molecule has 2 aromatic heterocycles. The molecule has 1 aliphatic rings. The van der Waals surface area contributed by atoms with Crippen molar-refractivity contribution < 1.29 is 8.42 Å². The number of fused-ring (bicyclic) bond motifs is 1. The lowest BCUT2D eigenvalue weighted by molar-refractivity contribution is 0.384. The minimum Gasteiger partial charge on any atom is -0.353 e. The average Bonchev–Trinajstić information content (AvgIpc) is 3.34. The Hall–Kier alpha value is -2.81. The quantitative estimate of drug-likeness (QED) is 0.467. The largest absolute Gasteiger partial charge is 0.353 e. The van der Waals surface area contributed by atoms with Crippen LogP contribution in [0.4, 0.5) is 5.82 Å². The predicted molar refractivity (Wildman–Crippen MR) is 125 cm³/mol. The topological polar surface area (TPSA) is 66.4 Å². The summed E-state index contributed by atoms with van der Waals surface area (Å²) in [5, 5.41) is 3.00. The van der Waals surface area contributed by atoms with Gasteiger partial charge in [0.05, 0.1) is 15.3 Å². The van der Waals surface area contributed by atoms with Crippen molar-refractivity contribution in [2.75, 3.05) is 31.1 Å². The SMILES string of the molecule is Cc1ccccc1S(=O)(=O)N1CCN(c2nc(-c3cccs3)nc3ccccc23)CC1. The van der Waals surface area contributed by atoms with Crippen LogP contribution in [0.2, 0.25) is 0 Å². The van der Waals surface area contributed by atoms with E-state index >= 15 is 0 Å². The van der Waals surface area contributed by atoms with Crippen LogP contribution in [0.15, 0.2) is 70.9 Å². The number of hydrogen-bond donors (Lipinski definition) is 0. The van der Waals surface area contributed by atoms with Gasteiger partial charge in [0, 0.05) is 31.6 Å². The zero-order valence-corrected chi connectivity index (χ0v) is 18.7. The Morgan fingerprint density at radius 2 is 1.61 bits per heavy atom. The lowest BCUT2D eigenvalue weighted by atomic mass is 10.2. The highest BCUT2D eigenvalue weighted by Crippen LogP contribution is 2.30. The van der Waals surface area contributed by atoms with E-state index in [1.165, 1.54) is 0 Å². The number of sulfonamides is 1. The summed E-state index contributed by atoms with van der Waals surface area (Å²) < 4.78 is 27.9. The van der Waals surface area contributed by atoms with E-state index in [1.807, 2.05) is 60.8 Å². The minimum absolute atomic E-state index is 0.385.